The third kappa shape index (κ3) is 4.37. The lowest BCUT2D eigenvalue weighted by molar-refractivity contribution is -0.131. The minimum atomic E-state index is 0.203. The molecular weight excluding hydrogens is 432 g/mol. The fraction of sp³-hybridized carbons (Fsp3) is 0.185. The highest BCUT2D eigenvalue weighted by molar-refractivity contribution is 6.33. The van der Waals surface area contributed by atoms with E-state index in [1.807, 2.05) is 72.6 Å². The van der Waals surface area contributed by atoms with Gasteiger partial charge in [0, 0.05) is 36.4 Å². The van der Waals surface area contributed by atoms with E-state index >= 15 is 0 Å². The van der Waals surface area contributed by atoms with Crippen molar-refractivity contribution in [1.82, 2.24) is 14.9 Å². The summed E-state index contributed by atoms with van der Waals surface area (Å²) in [5.41, 5.74) is 7.32. The Labute approximate surface area is 198 Å². The molecule has 4 aromatic rings. The van der Waals surface area contributed by atoms with Crippen molar-refractivity contribution in [3.63, 3.8) is 0 Å². The fourth-order valence-electron chi connectivity index (χ4n) is 4.33. The normalized spacial score (nSPS) is 13.0. The molecule has 0 fully saturated rings. The second-order valence-electron chi connectivity index (χ2n) is 8.19. The molecule has 1 aliphatic heterocycles. The van der Waals surface area contributed by atoms with Crippen molar-refractivity contribution in [1.29, 1.82) is 0 Å². The molecule has 0 bridgehead atoms. The third-order valence-electron chi connectivity index (χ3n) is 6.08. The molecule has 3 aromatic carbocycles. The number of rotatable bonds is 5. The van der Waals surface area contributed by atoms with Gasteiger partial charge in [0.15, 0.2) is 0 Å². The van der Waals surface area contributed by atoms with Crippen LogP contribution in [0.25, 0.3) is 22.6 Å². The standard InChI is InChI=1S/C27H25ClN4O/c1-2-26(33)32-14-13-21-19(17-32)9-6-10-24(21)30-20-11-12-23(28)22(15-20)27-29-16-25(31-27)18-7-4-3-5-8-18/h3-12,15-16,30H,2,13-14,17H2,1H3,(H,29,31). The first-order valence-electron chi connectivity index (χ1n) is 11.2. The van der Waals surface area contributed by atoms with Crippen LogP contribution in [0.2, 0.25) is 5.02 Å². The number of aromatic amines is 1. The Morgan fingerprint density at radius 3 is 2.79 bits per heavy atom. The number of carbonyl (C=O) groups excluding carboxylic acids is 1. The molecule has 1 aliphatic rings. The quantitative estimate of drug-likeness (QED) is 0.363. The van der Waals surface area contributed by atoms with Crippen molar-refractivity contribution in [3.05, 3.63) is 89.1 Å². The average molecular weight is 457 g/mol. The average Bonchev–Trinajstić information content (AvgIpc) is 3.35. The number of halogens is 1. The number of benzene rings is 3. The van der Waals surface area contributed by atoms with E-state index < -0.39 is 0 Å². The molecule has 0 radical (unpaired) electrons. The molecule has 0 aliphatic carbocycles. The van der Waals surface area contributed by atoms with Crippen LogP contribution in [0.15, 0.2) is 72.9 Å². The van der Waals surface area contributed by atoms with Crippen LogP contribution < -0.4 is 5.32 Å². The Morgan fingerprint density at radius 1 is 1.12 bits per heavy atom. The predicted molar refractivity (Wildman–Crippen MR) is 134 cm³/mol. The summed E-state index contributed by atoms with van der Waals surface area (Å²) < 4.78 is 0. The minimum Gasteiger partial charge on any atom is -0.355 e. The second kappa shape index (κ2) is 9.12. The van der Waals surface area contributed by atoms with E-state index in [0.717, 1.165) is 47.0 Å². The minimum absolute atomic E-state index is 0.203. The molecule has 6 heteroatoms. The van der Waals surface area contributed by atoms with Gasteiger partial charge < -0.3 is 15.2 Å². The molecule has 5 nitrogen and oxygen atoms in total. The highest BCUT2D eigenvalue weighted by atomic mass is 35.5. The van der Waals surface area contributed by atoms with Crippen molar-refractivity contribution in [3.8, 4) is 22.6 Å². The number of carbonyl (C=O) groups is 1. The number of anilines is 2. The Hall–Kier alpha value is -3.57. The first-order chi connectivity index (χ1) is 16.1. The SMILES string of the molecule is CCC(=O)N1CCc2c(cccc2Nc2ccc(Cl)c(-c3ncc(-c4ccccc4)[nH]3)c2)C1. The van der Waals surface area contributed by atoms with Gasteiger partial charge in [-0.15, -0.1) is 0 Å². The first-order valence-corrected chi connectivity index (χ1v) is 11.6. The molecule has 0 unspecified atom stereocenters. The Morgan fingerprint density at radius 2 is 1.97 bits per heavy atom. The van der Waals surface area contributed by atoms with Crippen LogP contribution in [-0.4, -0.2) is 27.3 Å². The van der Waals surface area contributed by atoms with Gasteiger partial charge in [-0.05, 0) is 47.4 Å². The summed E-state index contributed by atoms with van der Waals surface area (Å²) in [4.78, 5) is 22.0. The van der Waals surface area contributed by atoms with Crippen LogP contribution in [0.5, 0.6) is 0 Å². The maximum atomic E-state index is 12.1. The number of hydrogen-bond acceptors (Lipinski definition) is 3. The number of aromatic nitrogens is 2. The Bertz CT molecular complexity index is 1300. The topological polar surface area (TPSA) is 61.0 Å². The number of hydrogen-bond donors (Lipinski definition) is 2. The number of amides is 1. The predicted octanol–water partition coefficient (Wildman–Crippen LogP) is 6.44. The summed E-state index contributed by atoms with van der Waals surface area (Å²) in [6.45, 7) is 3.33. The van der Waals surface area contributed by atoms with Crippen LogP contribution in [0.4, 0.5) is 11.4 Å². The van der Waals surface area contributed by atoms with Crippen LogP contribution in [0.3, 0.4) is 0 Å². The molecule has 0 atom stereocenters. The van der Waals surface area contributed by atoms with Crippen molar-refractivity contribution >= 4 is 28.9 Å². The van der Waals surface area contributed by atoms with E-state index in [9.17, 15) is 4.79 Å². The van der Waals surface area contributed by atoms with Crippen LogP contribution in [0.1, 0.15) is 24.5 Å². The molecule has 1 amide bonds. The van der Waals surface area contributed by atoms with Crippen molar-refractivity contribution in [2.24, 2.45) is 0 Å². The lowest BCUT2D eigenvalue weighted by Gasteiger charge is -2.30. The number of fused-ring (bicyclic) bond motifs is 1. The zero-order valence-electron chi connectivity index (χ0n) is 18.4. The number of imidazole rings is 1. The van der Waals surface area contributed by atoms with Crippen LogP contribution in [-0.2, 0) is 17.8 Å². The summed E-state index contributed by atoms with van der Waals surface area (Å²) >= 11 is 6.54. The van der Waals surface area contributed by atoms with Gasteiger partial charge in [-0.25, -0.2) is 4.98 Å². The molecule has 0 saturated carbocycles. The number of nitrogens with one attached hydrogen (secondary N) is 2. The first kappa shape index (κ1) is 21.3. The lowest BCUT2D eigenvalue weighted by Crippen LogP contribution is -2.35. The maximum absolute atomic E-state index is 12.1. The smallest absolute Gasteiger partial charge is 0.222 e. The molecule has 1 aromatic heterocycles. The lowest BCUT2D eigenvalue weighted by atomic mass is 9.97. The molecule has 5 rings (SSSR count). The fourth-order valence-corrected chi connectivity index (χ4v) is 4.53. The molecule has 0 saturated heterocycles. The molecule has 33 heavy (non-hydrogen) atoms. The summed E-state index contributed by atoms with van der Waals surface area (Å²) in [6, 6.07) is 22.2. The molecular formula is C27H25ClN4O. The van der Waals surface area contributed by atoms with E-state index in [2.05, 4.69) is 27.4 Å². The monoisotopic (exact) mass is 456 g/mol. The van der Waals surface area contributed by atoms with E-state index in [4.69, 9.17) is 11.6 Å². The molecule has 2 heterocycles. The van der Waals surface area contributed by atoms with Crippen molar-refractivity contribution < 1.29 is 4.79 Å². The summed E-state index contributed by atoms with van der Waals surface area (Å²) in [6.07, 6.45) is 3.21. The van der Waals surface area contributed by atoms with Gasteiger partial charge >= 0.3 is 0 Å². The highest BCUT2D eigenvalue weighted by Gasteiger charge is 2.21. The van der Waals surface area contributed by atoms with Gasteiger partial charge in [-0.3, -0.25) is 4.79 Å². The van der Waals surface area contributed by atoms with Crippen molar-refractivity contribution in [2.75, 3.05) is 11.9 Å². The number of nitrogens with zero attached hydrogens (tertiary/aromatic N) is 2. The van der Waals surface area contributed by atoms with Gasteiger partial charge in [-0.2, -0.15) is 0 Å². The number of H-pyrrole nitrogens is 1. The maximum Gasteiger partial charge on any atom is 0.222 e. The summed E-state index contributed by atoms with van der Waals surface area (Å²) in [7, 11) is 0. The van der Waals surface area contributed by atoms with E-state index in [1.54, 1.807) is 0 Å². The third-order valence-corrected chi connectivity index (χ3v) is 6.41. The zero-order valence-corrected chi connectivity index (χ0v) is 19.2. The Kier molecular flexibility index (Phi) is 5.88. The van der Waals surface area contributed by atoms with Gasteiger partial charge in [0.25, 0.3) is 0 Å². The molecule has 0 spiro atoms. The van der Waals surface area contributed by atoms with Crippen LogP contribution >= 0.6 is 11.6 Å². The molecule has 166 valence electrons. The largest absolute Gasteiger partial charge is 0.355 e. The van der Waals surface area contributed by atoms with Crippen LogP contribution in [0, 0.1) is 0 Å². The summed E-state index contributed by atoms with van der Waals surface area (Å²) in [5, 5.41) is 4.20. The van der Waals surface area contributed by atoms with Gasteiger partial charge in [0.05, 0.1) is 16.9 Å². The van der Waals surface area contributed by atoms with E-state index in [1.165, 1.54) is 11.1 Å². The van der Waals surface area contributed by atoms with E-state index in [0.29, 0.717) is 18.0 Å². The summed E-state index contributed by atoms with van der Waals surface area (Å²) in [5.74, 6) is 0.931. The molecule has 2 N–H and O–H groups in total. The zero-order chi connectivity index (χ0) is 22.8. The van der Waals surface area contributed by atoms with Gasteiger partial charge in [0.1, 0.15) is 5.82 Å². The van der Waals surface area contributed by atoms with Gasteiger partial charge in [-0.1, -0.05) is 61.0 Å². The van der Waals surface area contributed by atoms with Gasteiger partial charge in [0.2, 0.25) is 5.91 Å². The Balaban J connectivity index is 1.41. The van der Waals surface area contributed by atoms with Crippen molar-refractivity contribution in [2.45, 2.75) is 26.3 Å². The van der Waals surface area contributed by atoms with E-state index in [-0.39, 0.29) is 5.91 Å². The highest BCUT2D eigenvalue weighted by Crippen LogP contribution is 2.33. The second-order valence-corrected chi connectivity index (χ2v) is 8.60.